The van der Waals surface area contributed by atoms with E-state index < -0.39 is 0 Å². The van der Waals surface area contributed by atoms with Gasteiger partial charge < -0.3 is 0 Å². The number of anilines is 2. The molecule has 0 saturated heterocycles. The Labute approximate surface area is 147 Å². The highest BCUT2D eigenvalue weighted by Gasteiger charge is 2.19. The highest BCUT2D eigenvalue weighted by molar-refractivity contribution is 6.12. The molecule has 0 N–H and O–H groups in total. The average Bonchev–Trinajstić information content (AvgIpc) is 2.69. The number of amides is 1. The van der Waals surface area contributed by atoms with E-state index in [4.69, 9.17) is 0 Å². The molecule has 0 unspecified atom stereocenters. The molecule has 120 valence electrons. The summed E-state index contributed by atoms with van der Waals surface area (Å²) in [5, 5.41) is 2.19. The number of carbonyl (C=O) groups is 1. The molecule has 0 aliphatic rings. The maximum absolute atomic E-state index is 13.3. The van der Waals surface area contributed by atoms with Crippen LogP contribution in [0, 0.1) is 0 Å². The second-order valence-corrected chi connectivity index (χ2v) is 5.87. The molecule has 4 aromatic carbocycles. The van der Waals surface area contributed by atoms with Gasteiger partial charge in [0.2, 0.25) is 0 Å². The summed E-state index contributed by atoms with van der Waals surface area (Å²) in [5.41, 5.74) is 2.38. The quantitative estimate of drug-likeness (QED) is 0.465. The topological polar surface area (TPSA) is 20.3 Å². The lowest BCUT2D eigenvalue weighted by Crippen LogP contribution is -2.25. The van der Waals surface area contributed by atoms with Crippen molar-refractivity contribution in [2.45, 2.75) is 0 Å². The lowest BCUT2D eigenvalue weighted by molar-refractivity contribution is 0.0999. The first-order chi connectivity index (χ1) is 12.3. The molecule has 0 aliphatic carbocycles. The zero-order valence-electron chi connectivity index (χ0n) is 13.7. The van der Waals surface area contributed by atoms with Crippen molar-refractivity contribution in [3.63, 3.8) is 0 Å². The van der Waals surface area contributed by atoms with Gasteiger partial charge in [0.05, 0.1) is 0 Å². The first-order valence-corrected chi connectivity index (χ1v) is 8.26. The number of para-hydroxylation sites is 2. The monoisotopic (exact) mass is 323 g/mol. The molecule has 4 aromatic rings. The molecule has 0 fully saturated rings. The molecule has 0 spiro atoms. The predicted molar refractivity (Wildman–Crippen MR) is 103 cm³/mol. The van der Waals surface area contributed by atoms with Crippen LogP contribution in [0.4, 0.5) is 11.4 Å². The summed E-state index contributed by atoms with van der Waals surface area (Å²) in [4.78, 5) is 15.1. The van der Waals surface area contributed by atoms with Crippen LogP contribution in [0.15, 0.2) is 103 Å². The van der Waals surface area contributed by atoms with Gasteiger partial charge in [-0.05, 0) is 47.2 Å². The molecule has 25 heavy (non-hydrogen) atoms. The van der Waals surface area contributed by atoms with E-state index in [1.54, 1.807) is 4.90 Å². The summed E-state index contributed by atoms with van der Waals surface area (Å²) >= 11 is 0. The van der Waals surface area contributed by atoms with Crippen molar-refractivity contribution < 1.29 is 4.79 Å². The van der Waals surface area contributed by atoms with Gasteiger partial charge in [-0.3, -0.25) is 9.69 Å². The fourth-order valence-corrected chi connectivity index (χ4v) is 2.99. The number of hydrogen-bond donors (Lipinski definition) is 0. The zero-order chi connectivity index (χ0) is 17.1. The van der Waals surface area contributed by atoms with E-state index in [-0.39, 0.29) is 5.91 Å². The highest BCUT2D eigenvalue weighted by atomic mass is 16.2. The summed E-state index contributed by atoms with van der Waals surface area (Å²) in [6, 6.07) is 33.4. The molecule has 0 atom stereocenters. The molecule has 0 bridgehead atoms. The first-order valence-electron chi connectivity index (χ1n) is 8.26. The van der Waals surface area contributed by atoms with Crippen LogP contribution in [0.5, 0.6) is 0 Å². The first kappa shape index (κ1) is 15.2. The van der Waals surface area contributed by atoms with E-state index in [1.165, 1.54) is 0 Å². The Bertz CT molecular complexity index is 970. The van der Waals surface area contributed by atoms with Crippen LogP contribution in [-0.4, -0.2) is 5.91 Å². The van der Waals surface area contributed by atoms with E-state index in [2.05, 4.69) is 6.07 Å². The van der Waals surface area contributed by atoms with Crippen molar-refractivity contribution in [2.75, 3.05) is 4.90 Å². The van der Waals surface area contributed by atoms with Crippen molar-refractivity contribution in [1.82, 2.24) is 0 Å². The Morgan fingerprint density at radius 1 is 0.560 bits per heavy atom. The molecule has 2 nitrogen and oxygen atoms in total. The Balaban J connectivity index is 1.82. The molecule has 0 saturated carbocycles. The Morgan fingerprint density at radius 2 is 1.08 bits per heavy atom. The second kappa shape index (κ2) is 6.62. The molecule has 0 heterocycles. The molecule has 2 heteroatoms. The third-order valence-corrected chi connectivity index (χ3v) is 4.23. The summed E-state index contributed by atoms with van der Waals surface area (Å²) in [6.45, 7) is 0. The normalized spacial score (nSPS) is 10.6. The number of nitrogens with zero attached hydrogens (tertiary/aromatic N) is 1. The Morgan fingerprint density at radius 3 is 1.68 bits per heavy atom. The van der Waals surface area contributed by atoms with E-state index in [0.717, 1.165) is 22.1 Å². The molecule has 4 rings (SSSR count). The molecule has 1 amide bonds. The lowest BCUT2D eigenvalue weighted by atomic mass is 10.1. The standard InChI is InChI=1S/C23H17NO/c25-23(20-16-15-18-9-7-8-10-19(18)17-20)24(21-11-3-1-4-12-21)22-13-5-2-6-14-22/h1-17H. The van der Waals surface area contributed by atoms with Crippen molar-refractivity contribution in [1.29, 1.82) is 0 Å². The summed E-state index contributed by atoms with van der Waals surface area (Å²) < 4.78 is 0. The zero-order valence-corrected chi connectivity index (χ0v) is 13.7. The van der Waals surface area contributed by atoms with Gasteiger partial charge in [-0.25, -0.2) is 0 Å². The largest absolute Gasteiger partial charge is 0.277 e. The SMILES string of the molecule is O=C(c1ccc2ccccc2c1)N(c1ccccc1)c1ccccc1. The number of benzene rings is 4. The van der Waals surface area contributed by atoms with E-state index in [9.17, 15) is 4.79 Å². The van der Waals surface area contributed by atoms with Crippen LogP contribution >= 0.6 is 0 Å². The smallest absolute Gasteiger partial charge is 0.262 e. The third kappa shape index (κ3) is 3.02. The number of rotatable bonds is 3. The average molecular weight is 323 g/mol. The van der Waals surface area contributed by atoms with Crippen molar-refractivity contribution in [3.8, 4) is 0 Å². The minimum atomic E-state index is -0.0387. The van der Waals surface area contributed by atoms with Crippen molar-refractivity contribution in [2.24, 2.45) is 0 Å². The van der Waals surface area contributed by atoms with Crippen LogP contribution in [0.1, 0.15) is 10.4 Å². The molecule has 0 aromatic heterocycles. The maximum atomic E-state index is 13.3. The summed E-state index contributed by atoms with van der Waals surface area (Å²) in [5.74, 6) is -0.0387. The van der Waals surface area contributed by atoms with Crippen LogP contribution in [0.2, 0.25) is 0 Å². The fourth-order valence-electron chi connectivity index (χ4n) is 2.99. The van der Waals surface area contributed by atoms with E-state index >= 15 is 0 Å². The minimum absolute atomic E-state index is 0.0387. The van der Waals surface area contributed by atoms with Gasteiger partial charge in [0.1, 0.15) is 0 Å². The number of fused-ring (bicyclic) bond motifs is 1. The molecule has 0 radical (unpaired) electrons. The van der Waals surface area contributed by atoms with Crippen LogP contribution in [-0.2, 0) is 0 Å². The number of carbonyl (C=O) groups excluding carboxylic acids is 1. The van der Waals surface area contributed by atoms with Gasteiger partial charge in [0.15, 0.2) is 0 Å². The third-order valence-electron chi connectivity index (χ3n) is 4.23. The van der Waals surface area contributed by atoms with E-state index in [1.807, 2.05) is 97.1 Å². The number of hydrogen-bond acceptors (Lipinski definition) is 1. The van der Waals surface area contributed by atoms with Crippen molar-refractivity contribution >= 4 is 28.1 Å². The van der Waals surface area contributed by atoms with Crippen LogP contribution in [0.25, 0.3) is 10.8 Å². The molecule has 0 aliphatic heterocycles. The lowest BCUT2D eigenvalue weighted by Gasteiger charge is -2.23. The van der Waals surface area contributed by atoms with Gasteiger partial charge >= 0.3 is 0 Å². The summed E-state index contributed by atoms with van der Waals surface area (Å²) in [6.07, 6.45) is 0. The molecular weight excluding hydrogens is 306 g/mol. The Kier molecular flexibility index (Phi) is 4.01. The van der Waals surface area contributed by atoms with Gasteiger partial charge in [0, 0.05) is 16.9 Å². The van der Waals surface area contributed by atoms with Gasteiger partial charge in [-0.1, -0.05) is 66.7 Å². The van der Waals surface area contributed by atoms with Crippen LogP contribution < -0.4 is 4.90 Å². The predicted octanol–water partition coefficient (Wildman–Crippen LogP) is 5.82. The second-order valence-electron chi connectivity index (χ2n) is 5.87. The van der Waals surface area contributed by atoms with E-state index in [0.29, 0.717) is 5.56 Å². The van der Waals surface area contributed by atoms with Gasteiger partial charge in [-0.15, -0.1) is 0 Å². The van der Waals surface area contributed by atoms with Gasteiger partial charge in [0.25, 0.3) is 5.91 Å². The maximum Gasteiger partial charge on any atom is 0.262 e. The highest BCUT2D eigenvalue weighted by Crippen LogP contribution is 2.28. The minimum Gasteiger partial charge on any atom is -0.277 e. The Hall–Kier alpha value is -3.39. The fraction of sp³-hybridized carbons (Fsp3) is 0. The summed E-state index contributed by atoms with van der Waals surface area (Å²) in [7, 11) is 0. The van der Waals surface area contributed by atoms with Gasteiger partial charge in [-0.2, -0.15) is 0 Å². The molecular formula is C23H17NO. The van der Waals surface area contributed by atoms with Crippen LogP contribution in [0.3, 0.4) is 0 Å². The van der Waals surface area contributed by atoms with Crippen molar-refractivity contribution in [3.05, 3.63) is 109 Å².